The summed E-state index contributed by atoms with van der Waals surface area (Å²) in [5.41, 5.74) is 7.48. The van der Waals surface area contributed by atoms with E-state index in [2.05, 4.69) is 20.8 Å². The van der Waals surface area contributed by atoms with E-state index in [9.17, 15) is 4.79 Å². The van der Waals surface area contributed by atoms with Crippen LogP contribution in [0.15, 0.2) is 30.3 Å². The molecule has 1 aliphatic rings. The van der Waals surface area contributed by atoms with Gasteiger partial charge in [0.15, 0.2) is 0 Å². The molecule has 110 valence electrons. The van der Waals surface area contributed by atoms with E-state index < -0.39 is 6.04 Å². The standard InChI is InChI=1S/C17H26N2O/c1-17(2,3)14-9-10-19(12-14)16(20)15(18)11-13-7-5-4-6-8-13/h4-8,14-15H,9-12,18H2,1-3H3. The van der Waals surface area contributed by atoms with Crippen molar-refractivity contribution in [1.29, 1.82) is 0 Å². The van der Waals surface area contributed by atoms with Gasteiger partial charge in [0.05, 0.1) is 6.04 Å². The van der Waals surface area contributed by atoms with Crippen LogP contribution in [0.4, 0.5) is 0 Å². The second kappa shape index (κ2) is 5.96. The van der Waals surface area contributed by atoms with Crippen LogP contribution in [0.25, 0.3) is 0 Å². The minimum absolute atomic E-state index is 0.0978. The second-order valence-corrected chi connectivity index (χ2v) is 6.93. The highest BCUT2D eigenvalue weighted by atomic mass is 16.2. The Bertz CT molecular complexity index is 450. The van der Waals surface area contributed by atoms with E-state index in [4.69, 9.17) is 5.73 Å². The number of hydrogen-bond acceptors (Lipinski definition) is 2. The second-order valence-electron chi connectivity index (χ2n) is 6.93. The van der Waals surface area contributed by atoms with Crippen molar-refractivity contribution in [3.63, 3.8) is 0 Å². The Morgan fingerprint density at radius 2 is 2.00 bits per heavy atom. The van der Waals surface area contributed by atoms with Gasteiger partial charge in [-0.15, -0.1) is 0 Å². The van der Waals surface area contributed by atoms with Crippen molar-refractivity contribution in [3.05, 3.63) is 35.9 Å². The largest absolute Gasteiger partial charge is 0.341 e. The minimum Gasteiger partial charge on any atom is -0.341 e. The van der Waals surface area contributed by atoms with Gasteiger partial charge in [0.1, 0.15) is 0 Å². The van der Waals surface area contributed by atoms with E-state index in [1.54, 1.807) is 0 Å². The molecule has 0 spiro atoms. The molecule has 2 atom stereocenters. The van der Waals surface area contributed by atoms with Crippen molar-refractivity contribution in [3.8, 4) is 0 Å². The fourth-order valence-electron chi connectivity index (χ4n) is 2.86. The van der Waals surface area contributed by atoms with Crippen LogP contribution in [0.1, 0.15) is 32.8 Å². The van der Waals surface area contributed by atoms with Crippen molar-refractivity contribution in [1.82, 2.24) is 4.90 Å². The zero-order chi connectivity index (χ0) is 14.8. The first-order chi connectivity index (χ1) is 9.38. The van der Waals surface area contributed by atoms with E-state index in [1.165, 1.54) is 0 Å². The topological polar surface area (TPSA) is 46.3 Å². The molecule has 1 aliphatic heterocycles. The van der Waals surface area contributed by atoms with Crippen LogP contribution in [0, 0.1) is 11.3 Å². The summed E-state index contributed by atoms with van der Waals surface area (Å²) in [6, 6.07) is 9.57. The first kappa shape index (κ1) is 15.0. The molecule has 0 saturated carbocycles. The summed E-state index contributed by atoms with van der Waals surface area (Å²) in [7, 11) is 0. The summed E-state index contributed by atoms with van der Waals surface area (Å²) >= 11 is 0. The minimum atomic E-state index is -0.420. The molecule has 3 nitrogen and oxygen atoms in total. The third-order valence-electron chi connectivity index (χ3n) is 4.34. The maximum absolute atomic E-state index is 12.4. The Balaban J connectivity index is 1.92. The van der Waals surface area contributed by atoms with E-state index >= 15 is 0 Å². The summed E-state index contributed by atoms with van der Waals surface area (Å²) in [6.45, 7) is 8.44. The number of carbonyl (C=O) groups is 1. The van der Waals surface area contributed by atoms with Gasteiger partial charge in [0.25, 0.3) is 0 Å². The fourth-order valence-corrected chi connectivity index (χ4v) is 2.86. The number of hydrogen-bond donors (Lipinski definition) is 1. The molecule has 2 rings (SSSR count). The highest BCUT2D eigenvalue weighted by molar-refractivity contribution is 5.82. The third kappa shape index (κ3) is 3.60. The number of nitrogens with two attached hydrogens (primary N) is 1. The molecule has 20 heavy (non-hydrogen) atoms. The van der Waals surface area contributed by atoms with Gasteiger partial charge in [0, 0.05) is 13.1 Å². The molecular formula is C17H26N2O. The molecule has 0 radical (unpaired) electrons. The summed E-state index contributed by atoms with van der Waals surface area (Å²) in [6.07, 6.45) is 1.71. The van der Waals surface area contributed by atoms with Gasteiger partial charge in [-0.25, -0.2) is 0 Å². The van der Waals surface area contributed by atoms with Crippen molar-refractivity contribution >= 4 is 5.91 Å². The molecule has 0 bridgehead atoms. The predicted octanol–water partition coefficient (Wildman–Crippen LogP) is 2.45. The summed E-state index contributed by atoms with van der Waals surface area (Å²) < 4.78 is 0. The normalized spacial score (nSPS) is 21.0. The smallest absolute Gasteiger partial charge is 0.239 e. The lowest BCUT2D eigenvalue weighted by Gasteiger charge is -2.27. The van der Waals surface area contributed by atoms with Crippen molar-refractivity contribution in [2.75, 3.05) is 13.1 Å². The maximum Gasteiger partial charge on any atom is 0.239 e. The highest BCUT2D eigenvalue weighted by Gasteiger charge is 2.35. The number of carbonyl (C=O) groups excluding carboxylic acids is 1. The maximum atomic E-state index is 12.4. The predicted molar refractivity (Wildman–Crippen MR) is 82.3 cm³/mol. The zero-order valence-corrected chi connectivity index (χ0v) is 12.8. The van der Waals surface area contributed by atoms with Crippen molar-refractivity contribution < 1.29 is 4.79 Å². The average molecular weight is 274 g/mol. The molecule has 3 heteroatoms. The molecule has 1 amide bonds. The SMILES string of the molecule is CC(C)(C)C1CCN(C(=O)C(N)Cc2ccccc2)C1. The highest BCUT2D eigenvalue weighted by Crippen LogP contribution is 2.33. The van der Waals surface area contributed by atoms with Crippen molar-refractivity contribution in [2.45, 2.75) is 39.7 Å². The molecule has 1 aromatic rings. The van der Waals surface area contributed by atoms with Crippen LogP contribution in [0.5, 0.6) is 0 Å². The molecule has 0 aromatic heterocycles. The Morgan fingerprint density at radius 1 is 1.35 bits per heavy atom. The molecule has 2 unspecified atom stereocenters. The number of nitrogens with zero attached hydrogens (tertiary/aromatic N) is 1. The van der Waals surface area contributed by atoms with Gasteiger partial charge in [0.2, 0.25) is 5.91 Å². The van der Waals surface area contributed by atoms with Crippen LogP contribution >= 0.6 is 0 Å². The molecule has 1 heterocycles. The lowest BCUT2D eigenvalue weighted by molar-refractivity contribution is -0.131. The van der Waals surface area contributed by atoms with Gasteiger partial charge in [-0.1, -0.05) is 51.1 Å². The van der Waals surface area contributed by atoms with Crippen LogP contribution < -0.4 is 5.73 Å². The number of benzene rings is 1. The molecule has 1 fully saturated rings. The first-order valence-corrected chi connectivity index (χ1v) is 7.46. The summed E-state index contributed by atoms with van der Waals surface area (Å²) in [5, 5.41) is 0. The quantitative estimate of drug-likeness (QED) is 0.920. The molecule has 1 aromatic carbocycles. The van der Waals surface area contributed by atoms with Gasteiger partial charge in [-0.3, -0.25) is 4.79 Å². The lowest BCUT2D eigenvalue weighted by Crippen LogP contribution is -2.44. The van der Waals surface area contributed by atoms with E-state index in [1.807, 2.05) is 35.2 Å². The van der Waals surface area contributed by atoms with Crippen LogP contribution in [0.2, 0.25) is 0 Å². The monoisotopic (exact) mass is 274 g/mol. The van der Waals surface area contributed by atoms with Gasteiger partial charge >= 0.3 is 0 Å². The first-order valence-electron chi connectivity index (χ1n) is 7.46. The van der Waals surface area contributed by atoms with Crippen LogP contribution in [0.3, 0.4) is 0 Å². The lowest BCUT2D eigenvalue weighted by atomic mass is 9.80. The third-order valence-corrected chi connectivity index (χ3v) is 4.34. The van der Waals surface area contributed by atoms with Crippen molar-refractivity contribution in [2.24, 2.45) is 17.1 Å². The number of amides is 1. The van der Waals surface area contributed by atoms with Gasteiger partial charge in [-0.05, 0) is 29.7 Å². The van der Waals surface area contributed by atoms with E-state index in [0.717, 1.165) is 25.1 Å². The summed E-state index contributed by atoms with van der Waals surface area (Å²) in [5.74, 6) is 0.677. The number of rotatable bonds is 3. The van der Waals surface area contributed by atoms with Crippen LogP contribution in [-0.4, -0.2) is 29.9 Å². The number of likely N-dealkylation sites (tertiary alicyclic amines) is 1. The van der Waals surface area contributed by atoms with E-state index in [0.29, 0.717) is 12.3 Å². The molecule has 2 N–H and O–H groups in total. The Morgan fingerprint density at radius 3 is 2.55 bits per heavy atom. The Kier molecular flexibility index (Phi) is 4.48. The molecular weight excluding hydrogens is 248 g/mol. The Hall–Kier alpha value is -1.35. The zero-order valence-electron chi connectivity index (χ0n) is 12.8. The molecule has 0 aliphatic carbocycles. The Labute approximate surface area is 122 Å². The van der Waals surface area contributed by atoms with E-state index in [-0.39, 0.29) is 11.3 Å². The van der Waals surface area contributed by atoms with Gasteiger partial charge in [-0.2, -0.15) is 0 Å². The van der Waals surface area contributed by atoms with Crippen LogP contribution in [-0.2, 0) is 11.2 Å². The molecule has 1 saturated heterocycles. The van der Waals surface area contributed by atoms with Gasteiger partial charge < -0.3 is 10.6 Å². The average Bonchev–Trinajstić information content (AvgIpc) is 2.88. The summed E-state index contributed by atoms with van der Waals surface area (Å²) in [4.78, 5) is 14.4. The fraction of sp³-hybridized carbons (Fsp3) is 0.588.